The Balaban J connectivity index is 1.36. The summed E-state index contributed by atoms with van der Waals surface area (Å²) in [4.78, 5) is 27.3. The number of anilines is 1. The molecule has 5 heterocycles. The number of halogens is 1. The average molecular weight is 583 g/mol. The number of hydrogen-bond donors (Lipinski definition) is 1. The molecular weight excluding hydrogens is 547 g/mol. The third-order valence-electron chi connectivity index (χ3n) is 8.81. The second-order valence-corrected chi connectivity index (χ2v) is 11.7. The molecule has 0 bridgehead atoms. The highest BCUT2D eigenvalue weighted by Crippen LogP contribution is 2.36. The highest BCUT2D eigenvalue weighted by molar-refractivity contribution is 6.01. The molecule has 0 radical (unpaired) electrons. The van der Waals surface area contributed by atoms with Gasteiger partial charge in [0, 0.05) is 63.2 Å². The van der Waals surface area contributed by atoms with Gasteiger partial charge in [-0.05, 0) is 37.6 Å². The van der Waals surface area contributed by atoms with E-state index < -0.39 is 6.17 Å². The van der Waals surface area contributed by atoms with Crippen molar-refractivity contribution in [2.24, 2.45) is 0 Å². The smallest absolute Gasteiger partial charge is 0.257 e. The summed E-state index contributed by atoms with van der Waals surface area (Å²) in [6, 6.07) is 15.6. The molecule has 11 heteroatoms. The van der Waals surface area contributed by atoms with Crippen molar-refractivity contribution >= 4 is 28.4 Å². The number of aromatic nitrogens is 5. The minimum Gasteiger partial charge on any atom is -0.379 e. The molecule has 2 fully saturated rings. The number of hydrogen-bond acceptors (Lipinski definition) is 7. The van der Waals surface area contributed by atoms with E-state index in [1.165, 1.54) is 0 Å². The quantitative estimate of drug-likeness (QED) is 0.294. The number of nitrogens with zero attached hydrogens (tertiary/aromatic N) is 7. The summed E-state index contributed by atoms with van der Waals surface area (Å²) < 4.78 is 24.3. The zero-order chi connectivity index (χ0) is 29.7. The molecule has 10 nitrogen and oxygen atoms in total. The van der Waals surface area contributed by atoms with Crippen LogP contribution < -0.4 is 10.2 Å². The Labute approximate surface area is 249 Å². The average Bonchev–Trinajstić information content (AvgIpc) is 3.69. The number of carbonyl (C=O) groups excluding carboxylic acids is 1. The van der Waals surface area contributed by atoms with Crippen molar-refractivity contribution in [1.82, 2.24) is 34.4 Å². The Morgan fingerprint density at radius 3 is 2.70 bits per heavy atom. The molecule has 1 N–H and O–H groups in total. The first-order chi connectivity index (χ1) is 20.9. The Hall–Kier alpha value is -4.35. The Kier molecular flexibility index (Phi) is 7.06. The number of amides is 1. The summed E-state index contributed by atoms with van der Waals surface area (Å²) in [7, 11) is 5.60. The van der Waals surface area contributed by atoms with Crippen LogP contribution in [0.2, 0.25) is 0 Å². The maximum Gasteiger partial charge on any atom is 0.257 e. The van der Waals surface area contributed by atoms with E-state index in [-0.39, 0.29) is 24.1 Å². The van der Waals surface area contributed by atoms with Crippen LogP contribution in [-0.4, -0.2) is 87.6 Å². The van der Waals surface area contributed by atoms with E-state index in [0.717, 1.165) is 35.2 Å². The fraction of sp³-hybridized carbons (Fsp3) is 0.375. The van der Waals surface area contributed by atoms with Crippen molar-refractivity contribution in [1.29, 1.82) is 0 Å². The summed E-state index contributed by atoms with van der Waals surface area (Å²) in [6.45, 7) is 1.60. The van der Waals surface area contributed by atoms with Gasteiger partial charge >= 0.3 is 0 Å². The van der Waals surface area contributed by atoms with Crippen molar-refractivity contribution < 1.29 is 13.9 Å². The molecule has 1 saturated carbocycles. The number of ether oxygens (including phenoxy) is 1. The van der Waals surface area contributed by atoms with E-state index >= 15 is 4.39 Å². The maximum atomic E-state index is 15.2. The molecular formula is C32H35FN8O2. The van der Waals surface area contributed by atoms with Gasteiger partial charge in [-0.2, -0.15) is 9.61 Å². The summed E-state index contributed by atoms with van der Waals surface area (Å²) >= 11 is 0. The molecule has 1 aliphatic heterocycles. The minimum atomic E-state index is -1.01. The highest BCUT2D eigenvalue weighted by atomic mass is 19.1. The monoisotopic (exact) mass is 582 g/mol. The Bertz CT molecular complexity index is 1780. The zero-order valence-electron chi connectivity index (χ0n) is 24.5. The van der Waals surface area contributed by atoms with Gasteiger partial charge in [0.1, 0.15) is 23.2 Å². The Morgan fingerprint density at radius 2 is 1.98 bits per heavy atom. The molecule has 7 rings (SSSR count). The third kappa shape index (κ3) is 4.92. The van der Waals surface area contributed by atoms with Gasteiger partial charge in [0.2, 0.25) is 0 Å². The number of methoxy groups -OCH3 is 1. The molecule has 1 amide bonds. The number of benzene rings is 1. The van der Waals surface area contributed by atoms with Gasteiger partial charge in [0.25, 0.3) is 5.91 Å². The fourth-order valence-corrected chi connectivity index (χ4v) is 6.35. The lowest BCUT2D eigenvalue weighted by atomic mass is 9.89. The SMILES string of the molecule is CO[C@H]1CCC1NC(=O)c1cnn2c(N(C)Cc3ccccc3)cc(-c3cn([C@H]4CN(C)C[C@@H]4F)c4ncccc34)nc12. The van der Waals surface area contributed by atoms with Crippen molar-refractivity contribution in [2.75, 3.05) is 39.2 Å². The molecule has 5 aromatic rings. The molecule has 1 aromatic carbocycles. The van der Waals surface area contributed by atoms with E-state index in [0.29, 0.717) is 42.2 Å². The Morgan fingerprint density at radius 1 is 1.14 bits per heavy atom. The van der Waals surface area contributed by atoms with Crippen LogP contribution in [0, 0.1) is 0 Å². The number of likely N-dealkylation sites (N-methyl/N-ethyl adjacent to an activating group) is 1. The second kappa shape index (κ2) is 11.1. The van der Waals surface area contributed by atoms with Crippen LogP contribution in [-0.2, 0) is 11.3 Å². The predicted octanol–water partition coefficient (Wildman–Crippen LogP) is 4.11. The molecule has 1 saturated heterocycles. The molecule has 1 unspecified atom stereocenters. The van der Waals surface area contributed by atoms with Gasteiger partial charge in [-0.1, -0.05) is 30.3 Å². The second-order valence-electron chi connectivity index (χ2n) is 11.7. The molecule has 4 aromatic heterocycles. The highest BCUT2D eigenvalue weighted by Gasteiger charge is 2.35. The van der Waals surface area contributed by atoms with E-state index in [9.17, 15) is 4.79 Å². The molecule has 2 aliphatic rings. The van der Waals surface area contributed by atoms with Gasteiger partial charge in [0.05, 0.1) is 30.1 Å². The lowest BCUT2D eigenvalue weighted by Crippen LogP contribution is -2.51. The van der Waals surface area contributed by atoms with Crippen LogP contribution in [0.3, 0.4) is 0 Å². The summed E-state index contributed by atoms with van der Waals surface area (Å²) in [6.07, 6.45) is 6.06. The maximum absolute atomic E-state index is 15.2. The van der Waals surface area contributed by atoms with Crippen LogP contribution in [0.4, 0.5) is 10.2 Å². The molecule has 0 spiro atoms. The number of nitrogens with one attached hydrogen (secondary N) is 1. The number of fused-ring (bicyclic) bond motifs is 2. The molecule has 222 valence electrons. The number of pyridine rings is 1. The van der Waals surface area contributed by atoms with Crippen LogP contribution >= 0.6 is 0 Å². The van der Waals surface area contributed by atoms with Crippen LogP contribution in [0.1, 0.15) is 34.8 Å². The molecule has 4 atom stereocenters. The standard InChI is InChI=1S/C32H35FN8O2/c1-38-18-24(33)27(19-38)40-17-23(21-10-7-13-34-30(21)40)26-14-29(39(2)16-20-8-5-4-6-9-20)41-31(36-26)22(15-35-41)32(42)37-25-11-12-28(25)43-3/h4-10,13-15,17,24-25,27-28H,11-12,16,18-19H2,1-3H3,(H,37,42)/t24-,25?,27-,28-/m0/s1. The van der Waals surface area contributed by atoms with E-state index in [2.05, 4.69) is 32.4 Å². The first-order valence-corrected chi connectivity index (χ1v) is 14.7. The molecule has 43 heavy (non-hydrogen) atoms. The van der Waals surface area contributed by atoms with Crippen molar-refractivity contribution in [3.8, 4) is 11.3 Å². The number of alkyl halides is 1. The first kappa shape index (κ1) is 27.5. The van der Waals surface area contributed by atoms with Crippen LogP contribution in [0.5, 0.6) is 0 Å². The number of rotatable bonds is 8. The number of likely N-dealkylation sites (tertiary alicyclic amines) is 1. The summed E-state index contributed by atoms with van der Waals surface area (Å²) in [5.74, 6) is 0.538. The van der Waals surface area contributed by atoms with Crippen molar-refractivity contribution in [3.63, 3.8) is 0 Å². The third-order valence-corrected chi connectivity index (χ3v) is 8.81. The lowest BCUT2D eigenvalue weighted by Gasteiger charge is -2.35. The van der Waals surface area contributed by atoms with Gasteiger partial charge < -0.3 is 24.4 Å². The van der Waals surface area contributed by atoms with E-state index in [1.54, 1.807) is 24.0 Å². The zero-order valence-corrected chi connectivity index (χ0v) is 24.5. The van der Waals surface area contributed by atoms with Gasteiger partial charge in [0.15, 0.2) is 5.65 Å². The van der Waals surface area contributed by atoms with Crippen molar-refractivity contribution in [2.45, 2.75) is 43.7 Å². The lowest BCUT2D eigenvalue weighted by molar-refractivity contribution is 0.00732. The summed E-state index contributed by atoms with van der Waals surface area (Å²) in [5.41, 5.74) is 4.18. The minimum absolute atomic E-state index is 0.00877. The van der Waals surface area contributed by atoms with E-state index in [4.69, 9.17) is 9.72 Å². The van der Waals surface area contributed by atoms with Gasteiger partial charge in [-0.25, -0.2) is 14.4 Å². The molecule has 1 aliphatic carbocycles. The van der Waals surface area contributed by atoms with Crippen LogP contribution in [0.15, 0.2) is 67.1 Å². The predicted molar refractivity (Wildman–Crippen MR) is 163 cm³/mol. The fourth-order valence-electron chi connectivity index (χ4n) is 6.35. The van der Waals surface area contributed by atoms with Gasteiger partial charge in [-0.3, -0.25) is 4.79 Å². The topological polar surface area (TPSA) is 92.8 Å². The van der Waals surface area contributed by atoms with E-state index in [1.807, 2.05) is 66.2 Å². The van der Waals surface area contributed by atoms with Crippen LogP contribution in [0.25, 0.3) is 27.9 Å². The summed E-state index contributed by atoms with van der Waals surface area (Å²) in [5, 5.41) is 8.61. The van der Waals surface area contributed by atoms with Gasteiger partial charge in [-0.15, -0.1) is 0 Å². The first-order valence-electron chi connectivity index (χ1n) is 14.7. The largest absolute Gasteiger partial charge is 0.379 e. The normalized spacial score (nSPS) is 22.2. The number of carbonyl (C=O) groups is 1. The van der Waals surface area contributed by atoms with Crippen molar-refractivity contribution in [3.05, 3.63) is 78.2 Å².